The zero-order valence-corrected chi connectivity index (χ0v) is 19.2. The first-order valence-electron chi connectivity index (χ1n) is 11.7. The van der Waals surface area contributed by atoms with Gasteiger partial charge in [-0.05, 0) is 49.4 Å². The van der Waals surface area contributed by atoms with E-state index in [2.05, 4.69) is 10.4 Å². The highest BCUT2D eigenvalue weighted by atomic mass is 16.5. The number of benzene rings is 2. The smallest absolute Gasteiger partial charge is 0.407 e. The Hall–Kier alpha value is -3.71. The first-order chi connectivity index (χ1) is 16.7. The van der Waals surface area contributed by atoms with Gasteiger partial charge in [0, 0.05) is 23.8 Å². The highest BCUT2D eigenvalue weighted by molar-refractivity contribution is 5.86. The Morgan fingerprint density at radius 3 is 2.82 bits per heavy atom. The molecule has 0 spiro atoms. The van der Waals surface area contributed by atoms with Crippen molar-refractivity contribution in [1.29, 1.82) is 0 Å². The maximum atomic E-state index is 12.5. The molecular formula is C27H28N4O3. The summed E-state index contributed by atoms with van der Waals surface area (Å²) in [5.74, 6) is 0. The molecular weight excluding hydrogens is 428 g/mol. The maximum absolute atomic E-state index is 12.5. The Morgan fingerprint density at radius 2 is 2.00 bits per heavy atom. The van der Waals surface area contributed by atoms with Crippen molar-refractivity contribution in [2.45, 2.75) is 45.1 Å². The lowest BCUT2D eigenvalue weighted by Crippen LogP contribution is -2.27. The number of nitrogens with one attached hydrogen (secondary N) is 1. The van der Waals surface area contributed by atoms with Crippen molar-refractivity contribution in [3.63, 3.8) is 0 Å². The van der Waals surface area contributed by atoms with Gasteiger partial charge < -0.3 is 14.8 Å². The third-order valence-corrected chi connectivity index (χ3v) is 6.11. The number of carbonyl (C=O) groups excluding carboxylic acids is 1. The number of amides is 1. The van der Waals surface area contributed by atoms with Gasteiger partial charge in [-0.2, -0.15) is 5.10 Å². The minimum atomic E-state index is -0.457. The van der Waals surface area contributed by atoms with E-state index in [-0.39, 0.29) is 18.9 Å². The van der Waals surface area contributed by atoms with Gasteiger partial charge in [-0.3, -0.25) is 0 Å². The molecule has 1 unspecified atom stereocenters. The van der Waals surface area contributed by atoms with Crippen molar-refractivity contribution in [3.8, 4) is 11.3 Å². The standard InChI is InChI=1S/C27H28N4O3/c1-19(29-27(32)34-18-20-9-3-2-4-10-20)23-15-25(30-24-12-6-5-11-22(23)24)21-16-28-31(17-21)26-13-7-8-14-33-26/h2-6,9-12,15-17,19,26H,7-8,13-14,18H2,1H3,(H,29,32)/t19-,26?/m1/s1. The Labute approximate surface area is 198 Å². The molecule has 1 aliphatic rings. The summed E-state index contributed by atoms with van der Waals surface area (Å²) >= 11 is 0. The largest absolute Gasteiger partial charge is 0.445 e. The van der Waals surface area contributed by atoms with Crippen molar-refractivity contribution >= 4 is 17.0 Å². The van der Waals surface area contributed by atoms with Gasteiger partial charge in [-0.1, -0.05) is 48.5 Å². The molecule has 174 valence electrons. The van der Waals surface area contributed by atoms with Crippen LogP contribution in [0.15, 0.2) is 73.1 Å². The Bertz CT molecular complexity index is 1270. The molecule has 5 rings (SSSR count). The van der Waals surface area contributed by atoms with Gasteiger partial charge in [-0.15, -0.1) is 0 Å². The van der Waals surface area contributed by atoms with Gasteiger partial charge in [0.2, 0.25) is 0 Å². The van der Waals surface area contributed by atoms with Crippen molar-refractivity contribution in [2.24, 2.45) is 0 Å². The number of para-hydroxylation sites is 1. The van der Waals surface area contributed by atoms with E-state index in [4.69, 9.17) is 14.5 Å². The van der Waals surface area contributed by atoms with Crippen LogP contribution in [0.25, 0.3) is 22.2 Å². The van der Waals surface area contributed by atoms with Crippen molar-refractivity contribution < 1.29 is 14.3 Å². The number of ether oxygens (including phenoxy) is 2. The van der Waals surface area contributed by atoms with Crippen LogP contribution in [0.3, 0.4) is 0 Å². The van der Waals surface area contributed by atoms with Crippen molar-refractivity contribution in [2.75, 3.05) is 6.61 Å². The number of carbonyl (C=O) groups is 1. The fraction of sp³-hybridized carbons (Fsp3) is 0.296. The van der Waals surface area contributed by atoms with Crippen LogP contribution in [0, 0.1) is 0 Å². The molecule has 0 radical (unpaired) electrons. The van der Waals surface area contributed by atoms with Crippen LogP contribution in [0.2, 0.25) is 0 Å². The van der Waals surface area contributed by atoms with Gasteiger partial charge >= 0.3 is 6.09 Å². The summed E-state index contributed by atoms with van der Waals surface area (Å²) in [6.45, 7) is 2.95. The second kappa shape index (κ2) is 10.1. The first-order valence-corrected chi connectivity index (χ1v) is 11.7. The summed E-state index contributed by atoms with van der Waals surface area (Å²) in [6, 6.07) is 19.3. The van der Waals surface area contributed by atoms with Crippen LogP contribution in [0.1, 0.15) is 49.6 Å². The molecule has 2 aromatic heterocycles. The molecule has 0 saturated carbocycles. The van der Waals surface area contributed by atoms with E-state index in [1.807, 2.05) is 84.7 Å². The summed E-state index contributed by atoms with van der Waals surface area (Å²) in [6.07, 6.45) is 6.53. The molecule has 1 saturated heterocycles. The Morgan fingerprint density at radius 1 is 1.18 bits per heavy atom. The monoisotopic (exact) mass is 456 g/mol. The Balaban J connectivity index is 1.37. The number of rotatable bonds is 6. The summed E-state index contributed by atoms with van der Waals surface area (Å²) in [5, 5.41) is 8.49. The van der Waals surface area contributed by atoms with Gasteiger partial charge in [0.05, 0.1) is 23.4 Å². The van der Waals surface area contributed by atoms with E-state index < -0.39 is 6.09 Å². The lowest BCUT2D eigenvalue weighted by molar-refractivity contribution is -0.0394. The SMILES string of the molecule is C[C@@H](NC(=O)OCc1ccccc1)c1cc(-c2cnn(C3CCCCO3)c2)nc2ccccc12. The number of fused-ring (bicyclic) bond motifs is 1. The number of nitrogens with zero attached hydrogens (tertiary/aromatic N) is 3. The maximum Gasteiger partial charge on any atom is 0.407 e. The average molecular weight is 457 g/mol. The molecule has 1 aliphatic heterocycles. The lowest BCUT2D eigenvalue weighted by Gasteiger charge is -2.22. The van der Waals surface area contributed by atoms with Crippen LogP contribution >= 0.6 is 0 Å². The van der Waals surface area contributed by atoms with Crippen molar-refractivity contribution in [1.82, 2.24) is 20.1 Å². The second-order valence-electron chi connectivity index (χ2n) is 8.57. The summed E-state index contributed by atoms with van der Waals surface area (Å²) in [4.78, 5) is 17.4. The number of alkyl carbamates (subject to hydrolysis) is 1. The zero-order chi connectivity index (χ0) is 23.3. The quantitative estimate of drug-likeness (QED) is 0.398. The number of pyridine rings is 1. The highest BCUT2D eigenvalue weighted by Crippen LogP contribution is 2.30. The van der Waals surface area contributed by atoms with Crippen LogP contribution < -0.4 is 5.32 Å². The van der Waals surface area contributed by atoms with E-state index in [1.165, 1.54) is 0 Å². The molecule has 3 heterocycles. The van der Waals surface area contributed by atoms with Gasteiger partial charge in [0.1, 0.15) is 12.8 Å². The summed E-state index contributed by atoms with van der Waals surface area (Å²) < 4.78 is 13.2. The highest BCUT2D eigenvalue weighted by Gasteiger charge is 2.19. The predicted octanol–water partition coefficient (Wildman–Crippen LogP) is 5.78. The molecule has 0 bridgehead atoms. The van der Waals surface area contributed by atoms with E-state index in [9.17, 15) is 4.79 Å². The fourth-order valence-electron chi connectivity index (χ4n) is 4.29. The summed E-state index contributed by atoms with van der Waals surface area (Å²) in [7, 11) is 0. The molecule has 0 aliphatic carbocycles. The summed E-state index contributed by atoms with van der Waals surface area (Å²) in [5.41, 5.74) is 4.50. The molecule has 7 nitrogen and oxygen atoms in total. The first kappa shape index (κ1) is 22.1. The Kier molecular flexibility index (Phi) is 6.53. The van der Waals surface area contributed by atoms with Gasteiger partial charge in [0.15, 0.2) is 0 Å². The molecule has 1 N–H and O–H groups in total. The molecule has 2 atom stereocenters. The third kappa shape index (κ3) is 4.94. The van der Waals surface area contributed by atoms with E-state index in [1.54, 1.807) is 0 Å². The normalized spacial score (nSPS) is 16.8. The second-order valence-corrected chi connectivity index (χ2v) is 8.57. The van der Waals surface area contributed by atoms with E-state index in [0.717, 1.165) is 59.2 Å². The van der Waals surface area contributed by atoms with Crippen LogP contribution in [-0.4, -0.2) is 27.5 Å². The van der Waals surface area contributed by atoms with Gasteiger partial charge in [-0.25, -0.2) is 14.5 Å². The zero-order valence-electron chi connectivity index (χ0n) is 19.2. The molecule has 7 heteroatoms. The molecule has 1 fully saturated rings. The van der Waals surface area contributed by atoms with Crippen molar-refractivity contribution in [3.05, 3.63) is 84.2 Å². The lowest BCUT2D eigenvalue weighted by atomic mass is 10.0. The minimum absolute atomic E-state index is 0.0256. The molecule has 34 heavy (non-hydrogen) atoms. The molecule has 1 amide bonds. The van der Waals surface area contributed by atoms with E-state index >= 15 is 0 Å². The number of hydrogen-bond acceptors (Lipinski definition) is 5. The van der Waals surface area contributed by atoms with Crippen LogP contribution in [0.5, 0.6) is 0 Å². The molecule has 2 aromatic carbocycles. The number of aromatic nitrogens is 3. The predicted molar refractivity (Wildman–Crippen MR) is 130 cm³/mol. The van der Waals surface area contributed by atoms with E-state index in [0.29, 0.717) is 0 Å². The molecule has 4 aromatic rings. The van der Waals surface area contributed by atoms with Crippen LogP contribution in [-0.2, 0) is 16.1 Å². The minimum Gasteiger partial charge on any atom is -0.445 e. The average Bonchev–Trinajstić information content (AvgIpc) is 3.38. The fourth-order valence-corrected chi connectivity index (χ4v) is 4.29. The van der Waals surface area contributed by atoms with Gasteiger partial charge in [0.25, 0.3) is 0 Å². The topological polar surface area (TPSA) is 78.3 Å². The van der Waals surface area contributed by atoms with Crippen LogP contribution in [0.4, 0.5) is 4.79 Å². The third-order valence-electron chi connectivity index (χ3n) is 6.11. The number of hydrogen-bond donors (Lipinski definition) is 1.